The van der Waals surface area contributed by atoms with Crippen LogP contribution in [0.1, 0.15) is 31.9 Å². The Kier molecular flexibility index (Phi) is 8.34. The first kappa shape index (κ1) is 28.3. The van der Waals surface area contributed by atoms with Crippen molar-refractivity contribution < 1.29 is 9.53 Å². The molecular weight excluding hydrogens is 518 g/mol. The highest BCUT2D eigenvalue weighted by Gasteiger charge is 2.26. The zero-order chi connectivity index (χ0) is 29.0. The summed E-state index contributed by atoms with van der Waals surface area (Å²) in [6.07, 6.45) is 2.42. The van der Waals surface area contributed by atoms with Crippen LogP contribution in [0.4, 0.5) is 22.0 Å². The molecule has 0 bridgehead atoms. The molecule has 3 aromatic rings. The molecule has 2 fully saturated rings. The molecule has 2 saturated heterocycles. The minimum absolute atomic E-state index is 0.258. The second-order valence-corrected chi connectivity index (χ2v) is 11.5. The van der Waals surface area contributed by atoms with E-state index in [0.717, 1.165) is 73.0 Å². The van der Waals surface area contributed by atoms with E-state index in [1.165, 1.54) is 11.1 Å². The van der Waals surface area contributed by atoms with Crippen molar-refractivity contribution in [2.75, 3.05) is 56.0 Å². The summed E-state index contributed by atoms with van der Waals surface area (Å²) in [5.74, 6) is 1.59. The molecule has 216 valence electrons. The lowest BCUT2D eigenvalue weighted by atomic mass is 10.1. The number of carbonyl (C=O) groups is 1. The molecule has 11 nitrogen and oxygen atoms in total. The summed E-state index contributed by atoms with van der Waals surface area (Å²) in [4.78, 5) is 32.0. The quantitative estimate of drug-likeness (QED) is 0.305. The van der Waals surface area contributed by atoms with Gasteiger partial charge in [0.05, 0.1) is 12.1 Å². The highest BCUT2D eigenvalue weighted by Crippen LogP contribution is 2.29. The van der Waals surface area contributed by atoms with E-state index in [1.807, 2.05) is 26.8 Å². The number of nitrogens with zero attached hydrogens (tertiary/aromatic N) is 6. The Morgan fingerprint density at radius 1 is 1.12 bits per heavy atom. The average Bonchev–Trinajstić information content (AvgIpc) is 2.94. The molecule has 3 N–H and O–H groups in total. The van der Waals surface area contributed by atoms with E-state index in [9.17, 15) is 4.79 Å². The number of piperazine rings is 2. The molecule has 1 aromatic heterocycles. The molecule has 0 spiro atoms. The second kappa shape index (κ2) is 12.1. The minimum atomic E-state index is -0.499. The highest BCUT2D eigenvalue weighted by molar-refractivity contribution is 5.93. The fourth-order valence-corrected chi connectivity index (χ4v) is 5.15. The van der Waals surface area contributed by atoms with Crippen LogP contribution in [0.2, 0.25) is 0 Å². The molecule has 0 aliphatic carbocycles. The number of ether oxygens (including phenoxy) is 1. The molecule has 5 rings (SSSR count). The first-order valence-corrected chi connectivity index (χ1v) is 14.0. The lowest BCUT2D eigenvalue weighted by Gasteiger charge is -2.36. The predicted octanol–water partition coefficient (Wildman–Crippen LogP) is 4.15. The van der Waals surface area contributed by atoms with E-state index < -0.39 is 5.60 Å². The average molecular weight is 558 g/mol. The molecule has 41 heavy (non-hydrogen) atoms. The van der Waals surface area contributed by atoms with Gasteiger partial charge in [-0.05, 0) is 69.2 Å². The van der Waals surface area contributed by atoms with Gasteiger partial charge in [0.2, 0.25) is 0 Å². The number of rotatable bonds is 6. The fourth-order valence-electron chi connectivity index (χ4n) is 5.15. The van der Waals surface area contributed by atoms with Gasteiger partial charge in [-0.3, -0.25) is 10.3 Å². The summed E-state index contributed by atoms with van der Waals surface area (Å²) < 4.78 is 5.54. The first-order valence-electron chi connectivity index (χ1n) is 14.0. The minimum Gasteiger partial charge on any atom is -0.444 e. The van der Waals surface area contributed by atoms with Crippen molar-refractivity contribution >= 4 is 46.4 Å². The summed E-state index contributed by atoms with van der Waals surface area (Å²) >= 11 is 0. The molecule has 0 unspecified atom stereocenters. The molecule has 2 aromatic carbocycles. The van der Waals surface area contributed by atoms with Crippen molar-refractivity contribution in [2.24, 2.45) is 4.99 Å². The molecule has 2 aliphatic heterocycles. The van der Waals surface area contributed by atoms with Crippen LogP contribution in [0, 0.1) is 12.3 Å². The highest BCUT2D eigenvalue weighted by atomic mass is 16.6. The maximum atomic E-state index is 12.5. The SMILES string of the molecule is Cc1cc(Nc2ncnc3ccc(N4CCN(C(=O)OC(C)(C)C)CC4)cc23)ccc1CN1CCN/C(=N\C=N)C1. The molecule has 2 aliphatic rings. The van der Waals surface area contributed by atoms with Gasteiger partial charge >= 0.3 is 6.09 Å². The van der Waals surface area contributed by atoms with Crippen molar-refractivity contribution in [3.05, 3.63) is 53.9 Å². The molecule has 11 heteroatoms. The van der Waals surface area contributed by atoms with E-state index in [-0.39, 0.29) is 6.09 Å². The fraction of sp³-hybridized carbons (Fsp3) is 0.433. The van der Waals surface area contributed by atoms with Gasteiger partial charge in [0.1, 0.15) is 29.9 Å². The Bertz CT molecular complexity index is 1440. The standard InChI is InChI=1S/C30H39N9O2/c1-21-15-23(6-5-22(21)17-37-10-9-32-27(18-37)33-19-31)36-28-25-16-24(7-8-26(25)34-20-35-28)38-11-13-39(14-12-38)29(40)41-30(2,3)4/h5-8,15-16,19-20H,9-14,17-18H2,1-4H3,(H2,31,32,33)(H,34,35,36). The maximum Gasteiger partial charge on any atom is 0.410 e. The third kappa shape index (κ3) is 7.10. The lowest BCUT2D eigenvalue weighted by Crippen LogP contribution is -2.50. The summed E-state index contributed by atoms with van der Waals surface area (Å²) in [7, 11) is 0. The van der Waals surface area contributed by atoms with E-state index in [2.05, 4.69) is 72.6 Å². The van der Waals surface area contributed by atoms with Gasteiger partial charge < -0.3 is 25.2 Å². The number of fused-ring (bicyclic) bond motifs is 1. The smallest absolute Gasteiger partial charge is 0.410 e. The van der Waals surface area contributed by atoms with Crippen LogP contribution in [0.3, 0.4) is 0 Å². The predicted molar refractivity (Wildman–Crippen MR) is 164 cm³/mol. The summed E-state index contributed by atoms with van der Waals surface area (Å²) in [5.41, 5.74) is 4.86. The number of benzene rings is 2. The third-order valence-electron chi connectivity index (χ3n) is 7.27. The van der Waals surface area contributed by atoms with Crippen LogP contribution >= 0.6 is 0 Å². The van der Waals surface area contributed by atoms with Crippen LogP contribution in [0.5, 0.6) is 0 Å². The van der Waals surface area contributed by atoms with Gasteiger partial charge in [-0.1, -0.05) is 6.07 Å². The second-order valence-electron chi connectivity index (χ2n) is 11.5. The topological polar surface area (TPSA) is 122 Å². The number of amides is 1. The monoisotopic (exact) mass is 557 g/mol. The Morgan fingerprint density at radius 3 is 2.66 bits per heavy atom. The van der Waals surface area contributed by atoms with Crippen molar-refractivity contribution in [3.8, 4) is 0 Å². The molecule has 0 atom stereocenters. The van der Waals surface area contributed by atoms with Crippen LogP contribution in [0.25, 0.3) is 10.9 Å². The van der Waals surface area contributed by atoms with Crippen LogP contribution in [-0.4, -0.2) is 89.4 Å². The lowest BCUT2D eigenvalue weighted by molar-refractivity contribution is 0.0240. The van der Waals surface area contributed by atoms with Crippen LogP contribution in [0.15, 0.2) is 47.7 Å². The Morgan fingerprint density at radius 2 is 1.93 bits per heavy atom. The van der Waals surface area contributed by atoms with Crippen molar-refractivity contribution in [3.63, 3.8) is 0 Å². The zero-order valence-corrected chi connectivity index (χ0v) is 24.3. The number of aromatic nitrogens is 2. The normalized spacial score (nSPS) is 17.4. The van der Waals surface area contributed by atoms with Crippen molar-refractivity contribution in [1.82, 2.24) is 25.1 Å². The van der Waals surface area contributed by atoms with Crippen LogP contribution < -0.4 is 15.5 Å². The number of aliphatic imine (C=N–C) groups is 1. The van der Waals surface area contributed by atoms with E-state index in [4.69, 9.17) is 10.1 Å². The molecule has 3 heterocycles. The molecular formula is C30H39N9O2. The van der Waals surface area contributed by atoms with Crippen molar-refractivity contribution in [1.29, 1.82) is 5.41 Å². The van der Waals surface area contributed by atoms with E-state index in [0.29, 0.717) is 19.6 Å². The van der Waals surface area contributed by atoms with Gasteiger partial charge in [-0.2, -0.15) is 0 Å². The number of hydrogen-bond acceptors (Lipinski definition) is 8. The Labute approximate surface area is 241 Å². The number of nitrogens with one attached hydrogen (secondary N) is 3. The van der Waals surface area contributed by atoms with E-state index in [1.54, 1.807) is 11.2 Å². The number of amidine groups is 1. The van der Waals surface area contributed by atoms with Gasteiger partial charge in [0, 0.05) is 62.6 Å². The van der Waals surface area contributed by atoms with Crippen molar-refractivity contribution in [2.45, 2.75) is 39.8 Å². The summed E-state index contributed by atoms with van der Waals surface area (Å²) in [5, 5.41) is 14.9. The van der Waals surface area contributed by atoms with Gasteiger partial charge in [0.25, 0.3) is 0 Å². The molecule has 1 amide bonds. The largest absolute Gasteiger partial charge is 0.444 e. The van der Waals surface area contributed by atoms with Gasteiger partial charge in [-0.25, -0.2) is 19.8 Å². The maximum absolute atomic E-state index is 12.5. The van der Waals surface area contributed by atoms with Gasteiger partial charge in [0.15, 0.2) is 0 Å². The van der Waals surface area contributed by atoms with E-state index >= 15 is 0 Å². The number of hydrogen-bond donors (Lipinski definition) is 3. The molecule has 0 radical (unpaired) electrons. The summed E-state index contributed by atoms with van der Waals surface area (Å²) in [6.45, 7) is 13.8. The summed E-state index contributed by atoms with van der Waals surface area (Å²) in [6, 6.07) is 12.6. The zero-order valence-electron chi connectivity index (χ0n) is 24.3. The Hall–Kier alpha value is -4.25. The number of aryl methyl sites for hydroxylation is 1. The molecule has 0 saturated carbocycles. The first-order chi connectivity index (χ1) is 19.7. The number of anilines is 3. The van der Waals surface area contributed by atoms with Gasteiger partial charge in [-0.15, -0.1) is 0 Å². The third-order valence-corrected chi connectivity index (χ3v) is 7.27. The number of carbonyl (C=O) groups excluding carboxylic acids is 1. The van der Waals surface area contributed by atoms with Crippen LogP contribution in [-0.2, 0) is 11.3 Å². The Balaban J connectivity index is 1.27.